The summed E-state index contributed by atoms with van der Waals surface area (Å²) in [4.78, 5) is 29.4. The minimum absolute atomic E-state index is 0.0446. The van der Waals surface area contributed by atoms with Gasteiger partial charge in [-0.3, -0.25) is 9.69 Å². The number of aryl methyl sites for hydroxylation is 1. The normalized spacial score (nSPS) is 14.8. The molecular weight excluding hydrogens is 398 g/mol. The van der Waals surface area contributed by atoms with Crippen LogP contribution in [-0.4, -0.2) is 29.9 Å². The van der Waals surface area contributed by atoms with E-state index in [1.165, 1.54) is 0 Å². The van der Waals surface area contributed by atoms with Crippen LogP contribution in [0.5, 0.6) is 0 Å². The molecule has 3 amide bonds. The smallest absolute Gasteiger partial charge is 0.324 e. The van der Waals surface area contributed by atoms with Gasteiger partial charge in [-0.2, -0.15) is 0 Å². The number of anilines is 2. The molecule has 0 aliphatic carbocycles. The van der Waals surface area contributed by atoms with E-state index in [4.69, 9.17) is 11.6 Å². The highest BCUT2D eigenvalue weighted by Gasteiger charge is 2.29. The molecule has 0 spiro atoms. The molecule has 1 aliphatic rings. The molecule has 30 heavy (non-hydrogen) atoms. The van der Waals surface area contributed by atoms with Crippen molar-refractivity contribution in [3.8, 4) is 0 Å². The highest BCUT2D eigenvalue weighted by Crippen LogP contribution is 2.31. The fourth-order valence-corrected chi connectivity index (χ4v) is 3.75. The average Bonchev–Trinajstić information content (AvgIpc) is 2.64. The largest absolute Gasteiger partial charge is 0.324 e. The predicted molar refractivity (Wildman–Crippen MR) is 123 cm³/mol. The molecule has 3 rings (SSSR count). The molecule has 6 heteroatoms. The van der Waals surface area contributed by atoms with Gasteiger partial charge in [-0.25, -0.2) is 4.79 Å². The molecule has 1 saturated heterocycles. The molecule has 160 valence electrons. The topological polar surface area (TPSA) is 52.6 Å². The van der Waals surface area contributed by atoms with Crippen molar-refractivity contribution < 1.29 is 9.59 Å². The lowest BCUT2D eigenvalue weighted by Gasteiger charge is -2.36. The second kappa shape index (κ2) is 9.09. The number of benzene rings is 2. The quantitative estimate of drug-likeness (QED) is 0.650. The number of halogens is 1. The minimum Gasteiger partial charge on any atom is -0.324 e. The summed E-state index contributed by atoms with van der Waals surface area (Å²) in [6.07, 6.45) is 1.28. The van der Waals surface area contributed by atoms with Gasteiger partial charge in [-0.15, -0.1) is 0 Å². The second-order valence-corrected chi connectivity index (χ2v) is 9.58. The molecule has 2 aromatic carbocycles. The lowest BCUT2D eigenvalue weighted by molar-refractivity contribution is -0.117. The van der Waals surface area contributed by atoms with Crippen LogP contribution < -0.4 is 10.2 Å². The van der Waals surface area contributed by atoms with E-state index in [-0.39, 0.29) is 17.4 Å². The van der Waals surface area contributed by atoms with E-state index in [1.807, 2.05) is 75.1 Å². The summed E-state index contributed by atoms with van der Waals surface area (Å²) in [5.41, 5.74) is 3.40. The molecule has 0 unspecified atom stereocenters. The third kappa shape index (κ3) is 5.76. The van der Waals surface area contributed by atoms with E-state index < -0.39 is 0 Å². The summed E-state index contributed by atoms with van der Waals surface area (Å²) >= 11 is 5.97. The van der Waals surface area contributed by atoms with Gasteiger partial charge in [0.2, 0.25) is 5.91 Å². The van der Waals surface area contributed by atoms with Crippen molar-refractivity contribution in [2.24, 2.45) is 5.41 Å². The molecule has 1 aliphatic heterocycles. The third-order valence-electron chi connectivity index (χ3n) is 5.01. The van der Waals surface area contributed by atoms with Crippen molar-refractivity contribution in [3.05, 3.63) is 58.6 Å². The van der Waals surface area contributed by atoms with Gasteiger partial charge < -0.3 is 10.2 Å². The summed E-state index contributed by atoms with van der Waals surface area (Å²) in [5.74, 6) is -0.0446. The monoisotopic (exact) mass is 427 g/mol. The highest BCUT2D eigenvalue weighted by atomic mass is 35.5. The number of amides is 3. The highest BCUT2D eigenvalue weighted by molar-refractivity contribution is 6.30. The number of carbonyl (C=O) groups excluding carboxylic acids is 2. The standard InChI is InChI=1S/C24H30ClN3O2/c1-17-6-11-21(20(14-17)26-22(29)15-24(2,3)4)28-13-5-12-27(23(28)30)16-18-7-9-19(25)10-8-18/h6-11,14H,5,12-13,15-16H2,1-4H3,(H,26,29). The van der Waals surface area contributed by atoms with E-state index in [1.54, 1.807) is 4.90 Å². The summed E-state index contributed by atoms with van der Waals surface area (Å²) < 4.78 is 0. The van der Waals surface area contributed by atoms with Crippen LogP contribution in [0, 0.1) is 12.3 Å². The Morgan fingerprint density at radius 1 is 1.10 bits per heavy atom. The summed E-state index contributed by atoms with van der Waals surface area (Å²) in [7, 11) is 0. The first-order valence-electron chi connectivity index (χ1n) is 10.3. The molecular formula is C24H30ClN3O2. The fourth-order valence-electron chi connectivity index (χ4n) is 3.62. The molecule has 0 radical (unpaired) electrons. The minimum atomic E-state index is -0.107. The molecule has 0 saturated carbocycles. The Hall–Kier alpha value is -2.53. The maximum atomic E-state index is 13.3. The first kappa shape index (κ1) is 22.2. The SMILES string of the molecule is Cc1ccc(N2CCCN(Cc3ccc(Cl)cc3)C2=O)c(NC(=O)CC(C)(C)C)c1. The van der Waals surface area contributed by atoms with Gasteiger partial charge in [-0.1, -0.05) is 50.6 Å². The number of rotatable bonds is 5. The van der Waals surface area contributed by atoms with E-state index in [0.29, 0.717) is 36.8 Å². The van der Waals surface area contributed by atoms with Gasteiger partial charge in [-0.05, 0) is 54.2 Å². The van der Waals surface area contributed by atoms with Crippen LogP contribution in [0.15, 0.2) is 42.5 Å². The van der Waals surface area contributed by atoms with Gasteiger partial charge in [0.25, 0.3) is 0 Å². The van der Waals surface area contributed by atoms with Crippen molar-refractivity contribution in [1.82, 2.24) is 4.90 Å². The van der Waals surface area contributed by atoms with Gasteiger partial charge in [0, 0.05) is 31.1 Å². The second-order valence-electron chi connectivity index (χ2n) is 9.14. The summed E-state index contributed by atoms with van der Waals surface area (Å²) in [6.45, 7) is 9.94. The number of hydrogen-bond donors (Lipinski definition) is 1. The van der Waals surface area contributed by atoms with Gasteiger partial charge in [0.1, 0.15) is 0 Å². The van der Waals surface area contributed by atoms with Crippen molar-refractivity contribution in [1.29, 1.82) is 0 Å². The van der Waals surface area contributed by atoms with Crippen LogP contribution in [0.1, 0.15) is 44.7 Å². The molecule has 1 fully saturated rings. The molecule has 0 bridgehead atoms. The molecule has 5 nitrogen and oxygen atoms in total. The Labute approximate surface area is 184 Å². The number of urea groups is 1. The number of nitrogens with one attached hydrogen (secondary N) is 1. The van der Waals surface area contributed by atoms with E-state index >= 15 is 0 Å². The number of nitrogens with zero attached hydrogens (tertiary/aromatic N) is 2. The zero-order valence-electron chi connectivity index (χ0n) is 18.2. The zero-order chi connectivity index (χ0) is 21.9. The van der Waals surface area contributed by atoms with Gasteiger partial charge in [0.05, 0.1) is 11.4 Å². The maximum absolute atomic E-state index is 13.3. The molecule has 2 aromatic rings. The van der Waals surface area contributed by atoms with Crippen molar-refractivity contribution >= 4 is 34.9 Å². The van der Waals surface area contributed by atoms with Gasteiger partial charge >= 0.3 is 6.03 Å². The Kier molecular flexibility index (Phi) is 6.71. The Bertz CT molecular complexity index is 919. The van der Waals surface area contributed by atoms with Crippen LogP contribution in [-0.2, 0) is 11.3 Å². The van der Waals surface area contributed by atoms with Crippen LogP contribution in [0.3, 0.4) is 0 Å². The van der Waals surface area contributed by atoms with Crippen LogP contribution in [0.2, 0.25) is 5.02 Å². The fraction of sp³-hybridized carbons (Fsp3) is 0.417. The van der Waals surface area contributed by atoms with E-state index in [2.05, 4.69) is 5.32 Å². The average molecular weight is 428 g/mol. The maximum Gasteiger partial charge on any atom is 0.324 e. The van der Waals surface area contributed by atoms with Gasteiger partial charge in [0.15, 0.2) is 0 Å². The first-order chi connectivity index (χ1) is 14.1. The lowest BCUT2D eigenvalue weighted by Crippen LogP contribution is -2.49. The molecule has 1 heterocycles. The summed E-state index contributed by atoms with van der Waals surface area (Å²) in [5, 5.41) is 3.71. The van der Waals surface area contributed by atoms with Crippen LogP contribution in [0.4, 0.5) is 16.2 Å². The molecule has 0 aromatic heterocycles. The number of hydrogen-bond acceptors (Lipinski definition) is 2. The van der Waals surface area contributed by atoms with E-state index in [0.717, 1.165) is 23.2 Å². The Balaban J connectivity index is 1.81. The Morgan fingerprint density at radius 2 is 1.80 bits per heavy atom. The lowest BCUT2D eigenvalue weighted by atomic mass is 9.92. The van der Waals surface area contributed by atoms with Crippen molar-refractivity contribution in [3.63, 3.8) is 0 Å². The van der Waals surface area contributed by atoms with Crippen LogP contribution >= 0.6 is 11.6 Å². The van der Waals surface area contributed by atoms with Crippen LogP contribution in [0.25, 0.3) is 0 Å². The van der Waals surface area contributed by atoms with Crippen molar-refractivity contribution in [2.75, 3.05) is 23.3 Å². The molecule has 0 atom stereocenters. The molecule has 1 N–H and O–H groups in total. The zero-order valence-corrected chi connectivity index (χ0v) is 18.9. The van der Waals surface area contributed by atoms with Crippen molar-refractivity contribution in [2.45, 2.75) is 47.1 Å². The van der Waals surface area contributed by atoms with E-state index in [9.17, 15) is 9.59 Å². The number of carbonyl (C=O) groups is 2. The first-order valence-corrected chi connectivity index (χ1v) is 10.7. The predicted octanol–water partition coefficient (Wildman–Crippen LogP) is 5.86. The third-order valence-corrected chi connectivity index (χ3v) is 5.26. The Morgan fingerprint density at radius 3 is 2.47 bits per heavy atom. The summed E-state index contributed by atoms with van der Waals surface area (Å²) in [6, 6.07) is 13.3.